The highest BCUT2D eigenvalue weighted by Crippen LogP contribution is 2.19. The van der Waals surface area contributed by atoms with Crippen molar-refractivity contribution in [2.24, 2.45) is 0 Å². The van der Waals surface area contributed by atoms with E-state index in [1.54, 1.807) is 24.3 Å². The zero-order valence-corrected chi connectivity index (χ0v) is 14.6. The van der Waals surface area contributed by atoms with Crippen LogP contribution in [0.3, 0.4) is 0 Å². The van der Waals surface area contributed by atoms with Gasteiger partial charge in [-0.05, 0) is 24.3 Å². The highest BCUT2D eigenvalue weighted by Gasteiger charge is 2.16. The van der Waals surface area contributed by atoms with Crippen molar-refractivity contribution in [3.05, 3.63) is 77.9 Å². The number of hydrogen-bond donors (Lipinski definition) is 2. The quantitative estimate of drug-likeness (QED) is 0.321. The summed E-state index contributed by atoms with van der Waals surface area (Å²) in [6, 6.07) is 19.8. The van der Waals surface area contributed by atoms with Gasteiger partial charge in [0.05, 0.1) is 16.6 Å². The molecule has 0 bridgehead atoms. The van der Waals surface area contributed by atoms with E-state index in [0.717, 1.165) is 10.9 Å². The van der Waals surface area contributed by atoms with E-state index in [1.165, 1.54) is 0 Å². The summed E-state index contributed by atoms with van der Waals surface area (Å²) in [6.45, 7) is -0.465. The van der Waals surface area contributed by atoms with Gasteiger partial charge in [0, 0.05) is 5.39 Å². The summed E-state index contributed by atoms with van der Waals surface area (Å²) in [6.07, 6.45) is 0. The van der Waals surface area contributed by atoms with E-state index in [-0.39, 0.29) is 17.1 Å². The Morgan fingerprint density at radius 2 is 1.79 bits per heavy atom. The normalized spacial score (nSPS) is 11.8. The molecule has 0 saturated heterocycles. The second-order valence-electron chi connectivity index (χ2n) is 6.00. The van der Waals surface area contributed by atoms with E-state index in [4.69, 9.17) is 4.74 Å². The van der Waals surface area contributed by atoms with Crippen LogP contribution < -0.4 is 0 Å². The van der Waals surface area contributed by atoms with E-state index in [2.05, 4.69) is 15.0 Å². The number of imidazole rings is 1. The maximum atomic E-state index is 12.3. The summed E-state index contributed by atoms with van der Waals surface area (Å²) < 4.78 is 5.12. The standard InChI is InChI=1S/C21H14N4O3/c22-11-14(20-24-16-7-3-4-8-17(16)25-20)19(26)12-28-21(27)18-10-9-13-5-1-2-6-15(13)23-18/h1-10,26H,12H2,(H,24,25). The van der Waals surface area contributed by atoms with Crippen LogP contribution in [-0.4, -0.2) is 32.6 Å². The molecule has 2 N–H and O–H groups in total. The third-order valence-electron chi connectivity index (χ3n) is 4.17. The third kappa shape index (κ3) is 3.27. The number of allylic oxidation sites excluding steroid dienone is 1. The summed E-state index contributed by atoms with van der Waals surface area (Å²) in [5, 5.41) is 20.6. The first-order chi connectivity index (χ1) is 13.7. The Morgan fingerprint density at radius 1 is 1.04 bits per heavy atom. The number of H-pyrrole nitrogens is 1. The first-order valence-corrected chi connectivity index (χ1v) is 8.46. The van der Waals surface area contributed by atoms with Crippen LogP contribution in [0.25, 0.3) is 27.5 Å². The molecular formula is C21H14N4O3. The second kappa shape index (κ2) is 7.21. The van der Waals surface area contributed by atoms with Gasteiger partial charge in [-0.2, -0.15) is 5.26 Å². The number of carbonyl (C=O) groups is 1. The number of nitrogens with zero attached hydrogens (tertiary/aromatic N) is 3. The number of aliphatic hydroxyl groups excluding tert-OH is 1. The minimum Gasteiger partial charge on any atom is -0.507 e. The van der Waals surface area contributed by atoms with Crippen molar-refractivity contribution in [3.8, 4) is 6.07 Å². The molecule has 28 heavy (non-hydrogen) atoms. The molecule has 0 fully saturated rings. The molecule has 0 atom stereocenters. The number of para-hydroxylation sites is 3. The molecule has 7 nitrogen and oxygen atoms in total. The fourth-order valence-electron chi connectivity index (χ4n) is 2.79. The summed E-state index contributed by atoms with van der Waals surface area (Å²) in [5.41, 5.74) is 2.09. The van der Waals surface area contributed by atoms with Gasteiger partial charge in [0.15, 0.2) is 11.6 Å². The van der Waals surface area contributed by atoms with E-state index < -0.39 is 18.3 Å². The monoisotopic (exact) mass is 370 g/mol. The van der Waals surface area contributed by atoms with E-state index in [9.17, 15) is 15.2 Å². The zero-order chi connectivity index (χ0) is 19.5. The summed E-state index contributed by atoms with van der Waals surface area (Å²) in [5.74, 6) is -0.879. The summed E-state index contributed by atoms with van der Waals surface area (Å²) in [4.78, 5) is 23.7. The van der Waals surface area contributed by atoms with Crippen LogP contribution in [0, 0.1) is 11.3 Å². The van der Waals surface area contributed by atoms with Crippen molar-refractivity contribution in [1.82, 2.24) is 15.0 Å². The summed E-state index contributed by atoms with van der Waals surface area (Å²) in [7, 11) is 0. The zero-order valence-electron chi connectivity index (χ0n) is 14.6. The van der Waals surface area contributed by atoms with Crippen LogP contribution in [0.15, 0.2) is 66.4 Å². The van der Waals surface area contributed by atoms with Crippen molar-refractivity contribution in [2.45, 2.75) is 0 Å². The van der Waals surface area contributed by atoms with Gasteiger partial charge >= 0.3 is 5.97 Å². The van der Waals surface area contributed by atoms with Crippen molar-refractivity contribution >= 4 is 33.5 Å². The molecule has 0 aliphatic heterocycles. The largest absolute Gasteiger partial charge is 0.507 e. The van der Waals surface area contributed by atoms with Gasteiger partial charge < -0.3 is 14.8 Å². The number of nitrogens with one attached hydrogen (secondary N) is 1. The molecule has 7 heteroatoms. The van der Waals surface area contributed by atoms with Crippen LogP contribution in [-0.2, 0) is 4.74 Å². The number of pyridine rings is 1. The predicted octanol–water partition coefficient (Wildman–Crippen LogP) is 3.76. The number of aromatic amines is 1. The molecule has 0 saturated carbocycles. The molecular weight excluding hydrogens is 356 g/mol. The molecule has 0 aliphatic rings. The van der Waals surface area contributed by atoms with Gasteiger partial charge in [-0.15, -0.1) is 0 Å². The van der Waals surface area contributed by atoms with Gasteiger partial charge in [0.1, 0.15) is 23.9 Å². The molecule has 0 unspecified atom stereocenters. The van der Waals surface area contributed by atoms with Crippen LogP contribution in [0.2, 0.25) is 0 Å². The number of hydrogen-bond acceptors (Lipinski definition) is 6. The van der Waals surface area contributed by atoms with E-state index in [1.807, 2.05) is 42.5 Å². The lowest BCUT2D eigenvalue weighted by Crippen LogP contribution is -2.11. The smallest absolute Gasteiger partial charge is 0.357 e. The highest BCUT2D eigenvalue weighted by atomic mass is 16.5. The fraction of sp³-hybridized carbons (Fsp3) is 0.0476. The SMILES string of the molecule is N#CC(=C(O)COC(=O)c1ccc2ccccc2n1)c1nc2ccccc2[nH]1. The van der Waals surface area contributed by atoms with Gasteiger partial charge in [0.2, 0.25) is 0 Å². The number of aliphatic hydroxyl groups is 1. The molecule has 0 radical (unpaired) electrons. The van der Waals surface area contributed by atoms with Crippen molar-refractivity contribution < 1.29 is 14.6 Å². The van der Waals surface area contributed by atoms with Crippen molar-refractivity contribution in [3.63, 3.8) is 0 Å². The van der Waals surface area contributed by atoms with Crippen LogP contribution >= 0.6 is 0 Å². The lowest BCUT2D eigenvalue weighted by Gasteiger charge is -2.06. The molecule has 4 aromatic rings. The van der Waals surface area contributed by atoms with Gasteiger partial charge in [-0.25, -0.2) is 14.8 Å². The second-order valence-corrected chi connectivity index (χ2v) is 6.00. The van der Waals surface area contributed by atoms with Crippen LogP contribution in [0.1, 0.15) is 16.3 Å². The predicted molar refractivity (Wildman–Crippen MR) is 103 cm³/mol. The maximum Gasteiger partial charge on any atom is 0.357 e. The number of esters is 1. The minimum atomic E-state index is -0.695. The molecule has 136 valence electrons. The first-order valence-electron chi connectivity index (χ1n) is 8.46. The van der Waals surface area contributed by atoms with Crippen molar-refractivity contribution in [1.29, 1.82) is 5.26 Å². The maximum absolute atomic E-state index is 12.3. The number of ether oxygens (including phenoxy) is 1. The first kappa shape index (κ1) is 17.2. The number of nitriles is 1. The number of fused-ring (bicyclic) bond motifs is 2. The Kier molecular flexibility index (Phi) is 4.44. The number of carbonyl (C=O) groups excluding carboxylic acids is 1. The van der Waals surface area contributed by atoms with E-state index in [0.29, 0.717) is 11.0 Å². The Labute approximate surface area is 159 Å². The minimum absolute atomic E-state index is 0.0875. The Hall–Kier alpha value is -4.18. The lowest BCUT2D eigenvalue weighted by atomic mass is 10.2. The van der Waals surface area contributed by atoms with Gasteiger partial charge in [-0.1, -0.05) is 36.4 Å². The van der Waals surface area contributed by atoms with Crippen LogP contribution in [0.5, 0.6) is 0 Å². The topological polar surface area (TPSA) is 112 Å². The number of benzene rings is 2. The third-order valence-corrected chi connectivity index (χ3v) is 4.17. The lowest BCUT2D eigenvalue weighted by molar-refractivity contribution is 0.0496. The molecule has 4 rings (SSSR count). The molecule has 0 amide bonds. The van der Waals surface area contributed by atoms with Crippen molar-refractivity contribution in [2.75, 3.05) is 6.61 Å². The molecule has 2 aromatic carbocycles. The number of aromatic nitrogens is 3. The molecule has 2 heterocycles. The molecule has 2 aromatic heterocycles. The average molecular weight is 370 g/mol. The molecule has 0 aliphatic carbocycles. The Bertz CT molecular complexity index is 1230. The number of rotatable bonds is 4. The Balaban J connectivity index is 1.54. The van der Waals surface area contributed by atoms with Gasteiger partial charge in [-0.3, -0.25) is 0 Å². The fourth-order valence-corrected chi connectivity index (χ4v) is 2.79. The van der Waals surface area contributed by atoms with Crippen LogP contribution in [0.4, 0.5) is 0 Å². The highest BCUT2D eigenvalue weighted by molar-refractivity contribution is 5.91. The average Bonchev–Trinajstić information content (AvgIpc) is 3.15. The Morgan fingerprint density at radius 3 is 2.57 bits per heavy atom. The van der Waals surface area contributed by atoms with E-state index >= 15 is 0 Å². The van der Waals surface area contributed by atoms with Gasteiger partial charge in [0.25, 0.3) is 0 Å². The summed E-state index contributed by atoms with van der Waals surface area (Å²) >= 11 is 0. The molecule has 0 spiro atoms.